The Balaban J connectivity index is 1.93. The van der Waals surface area contributed by atoms with Crippen LogP contribution in [0.25, 0.3) is 0 Å². The molecular formula is C29H34N2O3. The summed E-state index contributed by atoms with van der Waals surface area (Å²) in [6.45, 7) is 3.05. The lowest BCUT2D eigenvalue weighted by Gasteiger charge is -2.32. The van der Waals surface area contributed by atoms with Crippen molar-refractivity contribution in [3.63, 3.8) is 0 Å². The number of carbonyl (C=O) groups is 2. The van der Waals surface area contributed by atoms with E-state index < -0.39 is 6.04 Å². The first-order valence-corrected chi connectivity index (χ1v) is 11.9. The predicted octanol–water partition coefficient (Wildman–Crippen LogP) is 5.31. The molecule has 0 saturated carbocycles. The van der Waals surface area contributed by atoms with Gasteiger partial charge in [-0.25, -0.2) is 0 Å². The molecule has 5 heteroatoms. The van der Waals surface area contributed by atoms with Gasteiger partial charge in [0.25, 0.3) is 0 Å². The predicted molar refractivity (Wildman–Crippen MR) is 135 cm³/mol. The quantitative estimate of drug-likeness (QED) is 0.374. The molecule has 0 aliphatic rings. The normalized spacial score (nSPS) is 11.5. The zero-order valence-electron chi connectivity index (χ0n) is 20.1. The first-order valence-electron chi connectivity index (χ1n) is 11.9. The molecule has 0 fully saturated rings. The van der Waals surface area contributed by atoms with Gasteiger partial charge in [0, 0.05) is 13.1 Å². The van der Waals surface area contributed by atoms with E-state index in [1.54, 1.807) is 12.0 Å². The summed E-state index contributed by atoms with van der Waals surface area (Å²) < 4.78 is 5.28. The second kappa shape index (κ2) is 13.2. The van der Waals surface area contributed by atoms with E-state index in [-0.39, 0.29) is 18.2 Å². The molecule has 0 spiro atoms. The summed E-state index contributed by atoms with van der Waals surface area (Å²) in [5.41, 5.74) is 2.65. The van der Waals surface area contributed by atoms with E-state index in [1.807, 2.05) is 84.9 Å². The molecule has 0 bridgehead atoms. The molecule has 178 valence electrons. The molecule has 0 aliphatic carbocycles. The lowest BCUT2D eigenvalue weighted by Crippen LogP contribution is -2.44. The molecule has 0 heterocycles. The van der Waals surface area contributed by atoms with Crippen molar-refractivity contribution < 1.29 is 14.3 Å². The van der Waals surface area contributed by atoms with E-state index in [0.29, 0.717) is 13.1 Å². The Morgan fingerprint density at radius 2 is 1.50 bits per heavy atom. The molecule has 0 saturated heterocycles. The van der Waals surface area contributed by atoms with Gasteiger partial charge in [-0.1, -0.05) is 92.6 Å². The molecule has 34 heavy (non-hydrogen) atoms. The van der Waals surface area contributed by atoms with E-state index in [2.05, 4.69) is 12.2 Å². The summed E-state index contributed by atoms with van der Waals surface area (Å²) >= 11 is 0. The summed E-state index contributed by atoms with van der Waals surface area (Å²) in [4.78, 5) is 28.8. The van der Waals surface area contributed by atoms with Crippen LogP contribution in [0, 0.1) is 0 Å². The molecule has 5 nitrogen and oxygen atoms in total. The van der Waals surface area contributed by atoms with Crippen LogP contribution in [0.2, 0.25) is 0 Å². The molecule has 0 aromatic heterocycles. The topological polar surface area (TPSA) is 58.6 Å². The number of unbranched alkanes of at least 4 members (excludes halogenated alkanes) is 2. The van der Waals surface area contributed by atoms with Crippen LogP contribution in [0.1, 0.15) is 48.9 Å². The Bertz CT molecular complexity index is 1020. The van der Waals surface area contributed by atoms with Crippen molar-refractivity contribution in [1.82, 2.24) is 10.2 Å². The molecule has 3 aromatic rings. The zero-order chi connectivity index (χ0) is 24.2. The highest BCUT2D eigenvalue weighted by Crippen LogP contribution is 2.25. The Morgan fingerprint density at radius 1 is 0.853 bits per heavy atom. The molecule has 1 unspecified atom stereocenters. The number of methoxy groups -OCH3 is 1. The fourth-order valence-corrected chi connectivity index (χ4v) is 3.91. The van der Waals surface area contributed by atoms with Gasteiger partial charge in [0.2, 0.25) is 11.8 Å². The van der Waals surface area contributed by atoms with Crippen molar-refractivity contribution in [2.75, 3.05) is 13.7 Å². The van der Waals surface area contributed by atoms with E-state index in [0.717, 1.165) is 41.7 Å². The molecular weight excluding hydrogens is 424 g/mol. The van der Waals surface area contributed by atoms with E-state index in [9.17, 15) is 9.59 Å². The largest absolute Gasteiger partial charge is 0.497 e. The Morgan fingerprint density at radius 3 is 2.12 bits per heavy atom. The highest BCUT2D eigenvalue weighted by Gasteiger charge is 2.31. The van der Waals surface area contributed by atoms with Crippen LogP contribution in [0.3, 0.4) is 0 Å². The van der Waals surface area contributed by atoms with Crippen molar-refractivity contribution in [3.05, 3.63) is 102 Å². The van der Waals surface area contributed by atoms with Crippen LogP contribution in [0.5, 0.6) is 5.75 Å². The standard InChI is InChI=1S/C29H34N2O3/c1-3-4-11-20-30-29(33)28(25-14-9-6-10-15-25)31(22-24-16-18-26(34-2)19-17-24)27(32)21-23-12-7-5-8-13-23/h5-10,12-19,28H,3-4,11,20-22H2,1-2H3,(H,30,33). The second-order valence-corrected chi connectivity index (χ2v) is 8.34. The first-order chi connectivity index (χ1) is 16.6. The maximum absolute atomic E-state index is 13.7. The summed E-state index contributed by atoms with van der Waals surface area (Å²) in [6.07, 6.45) is 3.28. The van der Waals surface area contributed by atoms with Crippen LogP contribution in [-0.2, 0) is 22.6 Å². The van der Waals surface area contributed by atoms with E-state index in [4.69, 9.17) is 4.74 Å². The van der Waals surface area contributed by atoms with Crippen molar-refractivity contribution in [2.24, 2.45) is 0 Å². The van der Waals surface area contributed by atoms with Crippen molar-refractivity contribution >= 4 is 11.8 Å². The summed E-state index contributed by atoms with van der Waals surface area (Å²) in [6, 6.07) is 26.1. The Hall–Kier alpha value is -3.60. The number of ether oxygens (including phenoxy) is 1. The average molecular weight is 459 g/mol. The molecule has 1 atom stereocenters. The van der Waals surface area contributed by atoms with E-state index in [1.165, 1.54) is 0 Å². The number of nitrogens with zero attached hydrogens (tertiary/aromatic N) is 1. The first kappa shape index (κ1) is 25.0. The van der Waals surface area contributed by atoms with Crippen molar-refractivity contribution in [2.45, 2.75) is 45.2 Å². The monoisotopic (exact) mass is 458 g/mol. The minimum Gasteiger partial charge on any atom is -0.497 e. The fraction of sp³-hybridized carbons (Fsp3) is 0.310. The van der Waals surface area contributed by atoms with Crippen LogP contribution in [0.4, 0.5) is 0 Å². The van der Waals surface area contributed by atoms with Gasteiger partial charge in [-0.15, -0.1) is 0 Å². The van der Waals surface area contributed by atoms with Gasteiger partial charge in [-0.2, -0.15) is 0 Å². The maximum atomic E-state index is 13.7. The highest BCUT2D eigenvalue weighted by atomic mass is 16.5. The Labute approximate surface area is 202 Å². The van der Waals surface area contributed by atoms with Crippen LogP contribution >= 0.6 is 0 Å². The third-order valence-corrected chi connectivity index (χ3v) is 5.79. The number of hydrogen-bond donors (Lipinski definition) is 1. The minimum absolute atomic E-state index is 0.0976. The number of rotatable bonds is 12. The van der Waals surface area contributed by atoms with Gasteiger partial charge in [0.15, 0.2) is 0 Å². The van der Waals surface area contributed by atoms with Crippen molar-refractivity contribution in [3.8, 4) is 5.75 Å². The highest BCUT2D eigenvalue weighted by molar-refractivity contribution is 5.89. The summed E-state index contributed by atoms with van der Waals surface area (Å²) in [7, 11) is 1.62. The van der Waals surface area contributed by atoms with Crippen LogP contribution in [-0.4, -0.2) is 30.4 Å². The second-order valence-electron chi connectivity index (χ2n) is 8.34. The van der Waals surface area contributed by atoms with Gasteiger partial charge in [0.1, 0.15) is 11.8 Å². The van der Waals surface area contributed by atoms with Gasteiger partial charge >= 0.3 is 0 Å². The lowest BCUT2D eigenvalue weighted by molar-refractivity contribution is -0.141. The summed E-state index contributed by atoms with van der Waals surface area (Å²) in [5.74, 6) is 0.496. The minimum atomic E-state index is -0.721. The number of benzene rings is 3. The van der Waals surface area contributed by atoms with Gasteiger partial charge in [-0.3, -0.25) is 9.59 Å². The SMILES string of the molecule is CCCCCNC(=O)C(c1ccccc1)N(Cc1ccc(OC)cc1)C(=O)Cc1ccccc1. The molecule has 0 radical (unpaired) electrons. The Kier molecular flexibility index (Phi) is 9.71. The maximum Gasteiger partial charge on any atom is 0.247 e. The number of hydrogen-bond acceptors (Lipinski definition) is 3. The summed E-state index contributed by atoms with van der Waals surface area (Å²) in [5, 5.41) is 3.07. The third kappa shape index (κ3) is 7.20. The average Bonchev–Trinajstić information content (AvgIpc) is 2.88. The molecule has 2 amide bonds. The van der Waals surface area contributed by atoms with Crippen molar-refractivity contribution in [1.29, 1.82) is 0 Å². The van der Waals surface area contributed by atoms with Gasteiger partial charge in [0.05, 0.1) is 13.5 Å². The molecule has 3 rings (SSSR count). The number of carbonyl (C=O) groups excluding carboxylic acids is 2. The van der Waals surface area contributed by atoms with Crippen LogP contribution in [0.15, 0.2) is 84.9 Å². The van der Waals surface area contributed by atoms with Gasteiger partial charge in [-0.05, 0) is 35.2 Å². The van der Waals surface area contributed by atoms with Crippen LogP contribution < -0.4 is 10.1 Å². The third-order valence-electron chi connectivity index (χ3n) is 5.79. The van der Waals surface area contributed by atoms with E-state index >= 15 is 0 Å². The van der Waals surface area contributed by atoms with Gasteiger partial charge < -0.3 is 15.0 Å². The fourth-order valence-electron chi connectivity index (χ4n) is 3.91. The molecule has 1 N–H and O–H groups in total. The molecule has 0 aliphatic heterocycles. The number of nitrogens with one attached hydrogen (secondary N) is 1. The zero-order valence-corrected chi connectivity index (χ0v) is 20.1. The number of amides is 2. The molecule has 3 aromatic carbocycles. The smallest absolute Gasteiger partial charge is 0.247 e. The lowest BCUT2D eigenvalue weighted by atomic mass is 10.0.